The van der Waals surface area contributed by atoms with E-state index in [9.17, 15) is 13.2 Å². The van der Waals surface area contributed by atoms with Crippen LogP contribution in [0.4, 0.5) is 5.69 Å². The number of para-hydroxylation sites is 1. The zero-order chi connectivity index (χ0) is 22.7. The monoisotopic (exact) mass is 448 g/mol. The molecule has 166 valence electrons. The molecule has 1 aliphatic carbocycles. The van der Waals surface area contributed by atoms with E-state index in [2.05, 4.69) is 23.5 Å². The second kappa shape index (κ2) is 9.17. The largest absolute Gasteiger partial charge is 0.345 e. The first-order chi connectivity index (χ1) is 15.4. The average molecular weight is 449 g/mol. The van der Waals surface area contributed by atoms with E-state index in [4.69, 9.17) is 0 Å². The highest BCUT2D eigenvalue weighted by Gasteiger charge is 2.25. The molecule has 3 aromatic rings. The molecule has 0 aliphatic heterocycles. The summed E-state index contributed by atoms with van der Waals surface area (Å²) in [5.41, 5.74) is 4.48. The number of hydrogen-bond donors (Lipinski definition) is 1. The lowest BCUT2D eigenvalue weighted by molar-refractivity contribution is 0.0940. The summed E-state index contributed by atoms with van der Waals surface area (Å²) >= 11 is 0. The Morgan fingerprint density at radius 2 is 1.56 bits per heavy atom. The number of amides is 1. The van der Waals surface area contributed by atoms with Crippen molar-refractivity contribution in [3.63, 3.8) is 0 Å². The van der Waals surface area contributed by atoms with Gasteiger partial charge in [0.1, 0.15) is 0 Å². The molecule has 1 N–H and O–H groups in total. The van der Waals surface area contributed by atoms with Gasteiger partial charge in [-0.1, -0.05) is 48.5 Å². The highest BCUT2D eigenvalue weighted by atomic mass is 32.2. The SMILES string of the molecule is CC(NC(=O)c1ccccc1N(C)S(=O)(=O)c1ccccc1)c1ccc2c(c1)CCCC2. The Bertz CT molecular complexity index is 1220. The second-order valence-electron chi connectivity index (χ2n) is 8.23. The summed E-state index contributed by atoms with van der Waals surface area (Å²) in [4.78, 5) is 13.4. The fraction of sp³-hybridized carbons (Fsp3) is 0.269. The van der Waals surface area contributed by atoms with E-state index in [1.807, 2.05) is 6.92 Å². The van der Waals surface area contributed by atoms with Gasteiger partial charge < -0.3 is 5.32 Å². The van der Waals surface area contributed by atoms with E-state index in [0.29, 0.717) is 11.3 Å². The van der Waals surface area contributed by atoms with Crippen LogP contribution in [-0.4, -0.2) is 21.4 Å². The van der Waals surface area contributed by atoms with E-state index in [-0.39, 0.29) is 16.8 Å². The van der Waals surface area contributed by atoms with Crippen molar-refractivity contribution in [1.29, 1.82) is 0 Å². The van der Waals surface area contributed by atoms with Gasteiger partial charge in [0.05, 0.1) is 22.2 Å². The number of aryl methyl sites for hydroxylation is 2. The predicted molar refractivity (Wildman–Crippen MR) is 127 cm³/mol. The van der Waals surface area contributed by atoms with Crippen LogP contribution in [0.15, 0.2) is 77.7 Å². The molecule has 0 radical (unpaired) electrons. The van der Waals surface area contributed by atoms with Gasteiger partial charge in [-0.05, 0) is 73.6 Å². The maximum absolute atomic E-state index is 13.2. The maximum atomic E-state index is 13.2. The molecular weight excluding hydrogens is 420 g/mol. The average Bonchev–Trinajstić information content (AvgIpc) is 2.83. The number of nitrogens with one attached hydrogen (secondary N) is 1. The molecule has 1 aliphatic rings. The number of benzene rings is 3. The molecule has 0 saturated carbocycles. The van der Waals surface area contributed by atoms with E-state index >= 15 is 0 Å². The number of rotatable bonds is 6. The molecule has 6 heteroatoms. The quantitative estimate of drug-likeness (QED) is 0.584. The molecule has 32 heavy (non-hydrogen) atoms. The minimum absolute atomic E-state index is 0.181. The molecule has 1 atom stereocenters. The Morgan fingerprint density at radius 1 is 0.906 bits per heavy atom. The van der Waals surface area contributed by atoms with Crippen molar-refractivity contribution < 1.29 is 13.2 Å². The zero-order valence-electron chi connectivity index (χ0n) is 18.4. The number of carbonyl (C=O) groups is 1. The van der Waals surface area contributed by atoms with Crippen molar-refractivity contribution in [2.75, 3.05) is 11.4 Å². The summed E-state index contributed by atoms with van der Waals surface area (Å²) in [7, 11) is -2.31. The minimum atomic E-state index is -3.79. The van der Waals surface area contributed by atoms with Crippen molar-refractivity contribution in [1.82, 2.24) is 5.32 Å². The van der Waals surface area contributed by atoms with Crippen molar-refractivity contribution in [3.05, 3.63) is 95.1 Å². The molecule has 0 fully saturated rings. The lowest BCUT2D eigenvalue weighted by Crippen LogP contribution is -2.32. The van der Waals surface area contributed by atoms with Gasteiger partial charge in [-0.2, -0.15) is 0 Å². The summed E-state index contributed by atoms with van der Waals surface area (Å²) in [6.45, 7) is 1.95. The van der Waals surface area contributed by atoms with Crippen LogP contribution < -0.4 is 9.62 Å². The molecule has 0 spiro atoms. The van der Waals surface area contributed by atoms with Crippen LogP contribution in [0.2, 0.25) is 0 Å². The van der Waals surface area contributed by atoms with Gasteiger partial charge in [0.25, 0.3) is 15.9 Å². The fourth-order valence-electron chi connectivity index (χ4n) is 4.20. The van der Waals surface area contributed by atoms with Crippen LogP contribution in [0.5, 0.6) is 0 Å². The topological polar surface area (TPSA) is 66.5 Å². The molecule has 5 nitrogen and oxygen atoms in total. The Balaban J connectivity index is 1.58. The van der Waals surface area contributed by atoms with E-state index in [1.54, 1.807) is 54.6 Å². The van der Waals surface area contributed by atoms with Crippen molar-refractivity contribution in [2.24, 2.45) is 0 Å². The molecule has 0 aromatic heterocycles. The lowest BCUT2D eigenvalue weighted by atomic mass is 9.89. The van der Waals surface area contributed by atoms with Gasteiger partial charge in [0.2, 0.25) is 0 Å². The standard InChI is InChI=1S/C26H28N2O3S/c1-19(21-17-16-20-10-6-7-11-22(20)18-21)27-26(29)24-14-8-9-15-25(24)28(2)32(30,31)23-12-4-3-5-13-23/h3-5,8-9,12-19H,6-7,10-11H2,1-2H3,(H,27,29). The molecule has 0 bridgehead atoms. The number of hydrogen-bond acceptors (Lipinski definition) is 3. The third-order valence-electron chi connectivity index (χ3n) is 6.11. The predicted octanol–water partition coefficient (Wildman–Crippen LogP) is 4.88. The molecule has 1 amide bonds. The first kappa shape index (κ1) is 22.1. The first-order valence-electron chi connectivity index (χ1n) is 10.9. The molecular formula is C26H28N2O3S. The Labute approximate surface area is 190 Å². The molecule has 0 heterocycles. The fourth-order valence-corrected chi connectivity index (χ4v) is 5.44. The van der Waals surface area contributed by atoms with Crippen LogP contribution in [0.1, 0.15) is 52.9 Å². The lowest BCUT2D eigenvalue weighted by Gasteiger charge is -2.23. The highest BCUT2D eigenvalue weighted by Crippen LogP contribution is 2.28. The van der Waals surface area contributed by atoms with Crippen molar-refractivity contribution >= 4 is 21.6 Å². The molecule has 4 rings (SSSR count). The number of nitrogens with zero attached hydrogens (tertiary/aromatic N) is 1. The molecule has 1 unspecified atom stereocenters. The van der Waals surface area contributed by atoms with E-state index in [1.165, 1.54) is 35.3 Å². The highest BCUT2D eigenvalue weighted by molar-refractivity contribution is 7.92. The van der Waals surface area contributed by atoms with Crippen LogP contribution >= 0.6 is 0 Å². The Morgan fingerprint density at radius 3 is 2.31 bits per heavy atom. The smallest absolute Gasteiger partial charge is 0.264 e. The number of sulfonamides is 1. The first-order valence-corrected chi connectivity index (χ1v) is 12.4. The van der Waals surface area contributed by atoms with Crippen LogP contribution in [-0.2, 0) is 22.9 Å². The van der Waals surface area contributed by atoms with Crippen LogP contribution in [0, 0.1) is 0 Å². The third kappa shape index (κ3) is 4.41. The summed E-state index contributed by atoms with van der Waals surface area (Å²) < 4.78 is 27.3. The van der Waals surface area contributed by atoms with Gasteiger partial charge in [0.15, 0.2) is 0 Å². The zero-order valence-corrected chi connectivity index (χ0v) is 19.2. The normalized spacial score (nSPS) is 14.3. The van der Waals surface area contributed by atoms with Gasteiger partial charge in [-0.15, -0.1) is 0 Å². The van der Waals surface area contributed by atoms with Crippen LogP contribution in [0.25, 0.3) is 0 Å². The van der Waals surface area contributed by atoms with Gasteiger partial charge in [0, 0.05) is 7.05 Å². The van der Waals surface area contributed by atoms with E-state index in [0.717, 1.165) is 18.4 Å². The summed E-state index contributed by atoms with van der Waals surface area (Å²) in [6.07, 6.45) is 4.63. The molecule has 0 saturated heterocycles. The van der Waals surface area contributed by atoms with E-state index < -0.39 is 10.0 Å². The van der Waals surface area contributed by atoms with Crippen molar-refractivity contribution in [2.45, 2.75) is 43.5 Å². The van der Waals surface area contributed by atoms with Gasteiger partial charge in [-0.25, -0.2) is 8.42 Å². The molecule has 3 aromatic carbocycles. The number of anilines is 1. The van der Waals surface area contributed by atoms with Crippen molar-refractivity contribution in [3.8, 4) is 0 Å². The minimum Gasteiger partial charge on any atom is -0.345 e. The number of fused-ring (bicyclic) bond motifs is 1. The maximum Gasteiger partial charge on any atom is 0.264 e. The summed E-state index contributed by atoms with van der Waals surface area (Å²) in [5.74, 6) is -0.305. The van der Waals surface area contributed by atoms with Gasteiger partial charge >= 0.3 is 0 Å². The van der Waals surface area contributed by atoms with Crippen LogP contribution in [0.3, 0.4) is 0 Å². The Hall–Kier alpha value is -3.12. The number of carbonyl (C=O) groups excluding carboxylic acids is 1. The summed E-state index contributed by atoms with van der Waals surface area (Å²) in [5, 5.41) is 3.05. The third-order valence-corrected chi connectivity index (χ3v) is 7.90. The Kier molecular flexibility index (Phi) is 6.33. The second-order valence-corrected chi connectivity index (χ2v) is 10.2. The van der Waals surface area contributed by atoms with Gasteiger partial charge in [-0.3, -0.25) is 9.10 Å². The summed E-state index contributed by atoms with van der Waals surface area (Å²) in [6, 6.07) is 21.2.